The number of aliphatic hydroxyl groups excluding tert-OH is 1. The van der Waals surface area contributed by atoms with Gasteiger partial charge in [0.05, 0.1) is 6.10 Å². The van der Waals surface area contributed by atoms with Crippen molar-refractivity contribution < 1.29 is 9.90 Å². The Morgan fingerprint density at radius 1 is 1.69 bits per heavy atom. The van der Waals surface area contributed by atoms with Crippen LogP contribution in [0.25, 0.3) is 0 Å². The Kier molecular flexibility index (Phi) is 2.00. The predicted octanol–water partition coefficient (Wildman–Crippen LogP) is -0.545. The number of nitrogens with one attached hydrogen (secondary N) is 1. The van der Waals surface area contributed by atoms with Gasteiger partial charge >= 0.3 is 0 Å². The van der Waals surface area contributed by atoms with Gasteiger partial charge in [0.2, 0.25) is 5.91 Å². The van der Waals surface area contributed by atoms with Crippen molar-refractivity contribution >= 4 is 5.91 Å². The summed E-state index contributed by atoms with van der Waals surface area (Å²) in [4.78, 5) is 13.3. The summed E-state index contributed by atoms with van der Waals surface area (Å²) in [6.45, 7) is 3.00. The van der Waals surface area contributed by atoms with Gasteiger partial charge in [-0.05, 0) is 19.5 Å². The zero-order valence-electron chi connectivity index (χ0n) is 7.66. The quantitative estimate of drug-likeness (QED) is 0.572. The molecule has 0 spiro atoms. The number of amides is 1. The van der Waals surface area contributed by atoms with Crippen molar-refractivity contribution in [1.82, 2.24) is 10.2 Å². The van der Waals surface area contributed by atoms with Crippen LogP contribution in [-0.4, -0.2) is 41.1 Å². The number of β-amino-alcohol motifs (C(OH)–C–C–N with tert-alkyl or cyclic N) is 1. The summed E-state index contributed by atoms with van der Waals surface area (Å²) < 4.78 is 0. The first-order valence-corrected chi connectivity index (χ1v) is 4.55. The molecule has 13 heavy (non-hydrogen) atoms. The zero-order valence-corrected chi connectivity index (χ0v) is 7.66. The number of likely N-dealkylation sites (tertiary alicyclic amines) is 1. The van der Waals surface area contributed by atoms with Gasteiger partial charge in [-0.1, -0.05) is 5.57 Å². The van der Waals surface area contributed by atoms with Gasteiger partial charge < -0.3 is 15.3 Å². The number of aliphatic hydroxyl groups is 1. The molecule has 2 N–H and O–H groups in total. The number of nitrogens with zero attached hydrogens (tertiary/aromatic N) is 1. The monoisotopic (exact) mass is 182 g/mol. The van der Waals surface area contributed by atoms with Crippen LogP contribution in [-0.2, 0) is 4.79 Å². The lowest BCUT2D eigenvalue weighted by Crippen LogP contribution is -2.57. The van der Waals surface area contributed by atoms with Gasteiger partial charge in [0.15, 0.2) is 0 Å². The first-order valence-electron chi connectivity index (χ1n) is 4.55. The molecular formula is C9H14N2O2. The van der Waals surface area contributed by atoms with E-state index in [1.165, 1.54) is 5.57 Å². The number of carbonyl (C=O) groups is 1. The molecule has 72 valence electrons. The third-order valence-electron chi connectivity index (χ3n) is 2.53. The smallest absolute Gasteiger partial charge is 0.245 e. The maximum atomic E-state index is 11.6. The van der Waals surface area contributed by atoms with Crippen LogP contribution < -0.4 is 5.32 Å². The van der Waals surface area contributed by atoms with E-state index in [2.05, 4.69) is 5.32 Å². The largest absolute Gasteiger partial charge is 0.389 e. The van der Waals surface area contributed by atoms with Crippen molar-refractivity contribution in [2.75, 3.05) is 13.1 Å². The molecule has 0 bridgehead atoms. The van der Waals surface area contributed by atoms with Crippen LogP contribution in [0.3, 0.4) is 0 Å². The zero-order chi connectivity index (χ0) is 9.42. The van der Waals surface area contributed by atoms with Gasteiger partial charge in [0.25, 0.3) is 0 Å². The fraction of sp³-hybridized carbons (Fsp3) is 0.667. The van der Waals surface area contributed by atoms with Crippen LogP contribution in [0.4, 0.5) is 0 Å². The number of rotatable bonds is 1. The van der Waals surface area contributed by atoms with Crippen LogP contribution in [0, 0.1) is 0 Å². The normalized spacial score (nSPS) is 28.0. The average Bonchev–Trinajstić information content (AvgIpc) is 2.45. The fourth-order valence-corrected chi connectivity index (χ4v) is 1.70. The van der Waals surface area contributed by atoms with Crippen molar-refractivity contribution in [3.05, 3.63) is 11.8 Å². The van der Waals surface area contributed by atoms with Crippen LogP contribution >= 0.6 is 0 Å². The van der Waals surface area contributed by atoms with Crippen molar-refractivity contribution in [2.24, 2.45) is 0 Å². The highest BCUT2D eigenvalue weighted by Gasteiger charge is 2.34. The van der Waals surface area contributed by atoms with E-state index in [0.717, 1.165) is 6.42 Å². The second-order valence-electron chi connectivity index (χ2n) is 3.81. The van der Waals surface area contributed by atoms with Gasteiger partial charge in [0, 0.05) is 13.1 Å². The van der Waals surface area contributed by atoms with Gasteiger partial charge in [-0.15, -0.1) is 0 Å². The maximum absolute atomic E-state index is 11.6. The van der Waals surface area contributed by atoms with E-state index < -0.39 is 0 Å². The summed E-state index contributed by atoms with van der Waals surface area (Å²) in [6, 6.07) is -0.0903. The standard InChI is InChI=1S/C9H14N2O2/c1-6-2-8(10-3-6)9(13)11-4-7(12)5-11/h3,7-8,10,12H,2,4-5H2,1H3. The molecule has 2 aliphatic heterocycles. The molecule has 2 heterocycles. The number of hydrogen-bond acceptors (Lipinski definition) is 3. The highest BCUT2D eigenvalue weighted by atomic mass is 16.3. The van der Waals surface area contributed by atoms with Crippen molar-refractivity contribution in [1.29, 1.82) is 0 Å². The molecule has 1 fully saturated rings. The van der Waals surface area contributed by atoms with Crippen LogP contribution in [0.15, 0.2) is 11.8 Å². The van der Waals surface area contributed by atoms with Crippen LogP contribution in [0.5, 0.6) is 0 Å². The topological polar surface area (TPSA) is 52.6 Å². The Labute approximate surface area is 77.2 Å². The minimum absolute atomic E-state index is 0.0903. The van der Waals surface area contributed by atoms with Crippen molar-refractivity contribution in [3.8, 4) is 0 Å². The van der Waals surface area contributed by atoms with Crippen LogP contribution in [0.2, 0.25) is 0 Å². The molecule has 4 nitrogen and oxygen atoms in total. The van der Waals surface area contributed by atoms with E-state index in [9.17, 15) is 4.79 Å². The summed E-state index contributed by atoms with van der Waals surface area (Å²) >= 11 is 0. The lowest BCUT2D eigenvalue weighted by Gasteiger charge is -2.37. The van der Waals surface area contributed by atoms with Gasteiger partial charge in [-0.25, -0.2) is 0 Å². The molecule has 1 amide bonds. The lowest BCUT2D eigenvalue weighted by atomic mass is 10.1. The van der Waals surface area contributed by atoms with Crippen molar-refractivity contribution in [3.63, 3.8) is 0 Å². The summed E-state index contributed by atoms with van der Waals surface area (Å²) in [7, 11) is 0. The summed E-state index contributed by atoms with van der Waals surface area (Å²) in [6.07, 6.45) is 2.38. The molecule has 1 atom stereocenters. The Hall–Kier alpha value is -1.03. The Bertz CT molecular complexity index is 256. The molecule has 4 heteroatoms. The first-order chi connectivity index (χ1) is 6.16. The molecule has 0 aromatic heterocycles. The fourth-order valence-electron chi connectivity index (χ4n) is 1.70. The van der Waals surface area contributed by atoms with E-state index in [1.54, 1.807) is 4.90 Å². The molecule has 1 saturated heterocycles. The molecule has 0 aliphatic carbocycles. The van der Waals surface area contributed by atoms with E-state index >= 15 is 0 Å². The second-order valence-corrected chi connectivity index (χ2v) is 3.81. The minimum Gasteiger partial charge on any atom is -0.389 e. The third-order valence-corrected chi connectivity index (χ3v) is 2.53. The van der Waals surface area contributed by atoms with E-state index in [0.29, 0.717) is 13.1 Å². The maximum Gasteiger partial charge on any atom is 0.245 e. The highest BCUT2D eigenvalue weighted by Crippen LogP contribution is 2.16. The molecule has 0 aromatic carbocycles. The molecule has 2 aliphatic rings. The Morgan fingerprint density at radius 3 is 2.85 bits per heavy atom. The minimum atomic E-state index is -0.306. The SMILES string of the molecule is CC1=CNC(C(=O)N2CC(O)C2)C1. The molecule has 1 unspecified atom stereocenters. The highest BCUT2D eigenvalue weighted by molar-refractivity contribution is 5.83. The number of carbonyl (C=O) groups excluding carboxylic acids is 1. The van der Waals surface area contributed by atoms with Crippen molar-refractivity contribution in [2.45, 2.75) is 25.5 Å². The van der Waals surface area contributed by atoms with E-state index in [1.807, 2.05) is 13.1 Å². The molecule has 0 saturated carbocycles. The molecule has 0 aromatic rings. The van der Waals surface area contributed by atoms with Gasteiger partial charge in [-0.3, -0.25) is 4.79 Å². The van der Waals surface area contributed by atoms with E-state index in [4.69, 9.17) is 5.11 Å². The first kappa shape index (κ1) is 8.56. The summed E-state index contributed by atoms with van der Waals surface area (Å²) in [5.74, 6) is 0.110. The molecule has 0 radical (unpaired) electrons. The lowest BCUT2D eigenvalue weighted by molar-refractivity contribution is -0.143. The van der Waals surface area contributed by atoms with Crippen LogP contribution in [0.1, 0.15) is 13.3 Å². The number of hydrogen-bond donors (Lipinski definition) is 2. The average molecular weight is 182 g/mol. The second kappa shape index (κ2) is 3.03. The Morgan fingerprint density at radius 2 is 2.38 bits per heavy atom. The summed E-state index contributed by atoms with van der Waals surface area (Å²) in [5.41, 5.74) is 1.21. The van der Waals surface area contributed by atoms with Gasteiger partial charge in [0.1, 0.15) is 6.04 Å². The van der Waals surface area contributed by atoms with E-state index in [-0.39, 0.29) is 18.1 Å². The summed E-state index contributed by atoms with van der Waals surface area (Å²) in [5, 5.41) is 12.1. The third kappa shape index (κ3) is 1.54. The molecular weight excluding hydrogens is 168 g/mol. The van der Waals surface area contributed by atoms with Gasteiger partial charge in [-0.2, -0.15) is 0 Å². The molecule has 2 rings (SSSR count). The predicted molar refractivity (Wildman–Crippen MR) is 47.9 cm³/mol. The Balaban J connectivity index is 1.85.